The first-order valence-electron chi connectivity index (χ1n) is 11.0. The lowest BCUT2D eigenvalue weighted by Gasteiger charge is -2.11. The summed E-state index contributed by atoms with van der Waals surface area (Å²) in [5.74, 6) is -1.68. The summed E-state index contributed by atoms with van der Waals surface area (Å²) in [5.41, 5.74) is 3.76. The van der Waals surface area contributed by atoms with Gasteiger partial charge in [-0.25, -0.2) is 4.39 Å². The van der Waals surface area contributed by atoms with Crippen molar-refractivity contribution < 1.29 is 24.2 Å². The number of rotatable bonds is 8. The number of amides is 1. The number of carboxylic acid groups (broad SMARTS) is 1. The van der Waals surface area contributed by atoms with Crippen molar-refractivity contribution in [2.75, 3.05) is 0 Å². The lowest BCUT2D eigenvalue weighted by atomic mass is 10.00. The molecule has 0 aliphatic heterocycles. The van der Waals surface area contributed by atoms with E-state index in [-0.39, 0.29) is 30.1 Å². The normalized spacial score (nSPS) is 10.9. The van der Waals surface area contributed by atoms with E-state index < -0.39 is 11.9 Å². The van der Waals surface area contributed by atoms with Crippen LogP contribution in [0.15, 0.2) is 78.9 Å². The van der Waals surface area contributed by atoms with Crippen molar-refractivity contribution >= 4 is 22.6 Å². The Morgan fingerprint density at radius 2 is 1.50 bits per heavy atom. The number of carboxylic acids is 1. The molecule has 0 saturated carbocycles. The summed E-state index contributed by atoms with van der Waals surface area (Å²) in [6.45, 7) is 0.196. The minimum Gasteiger partial charge on any atom is -0.507 e. The molecule has 0 unspecified atom stereocenters. The third kappa shape index (κ3) is 5.41. The maximum Gasteiger partial charge on any atom is 0.303 e. The molecule has 0 spiro atoms. The first-order valence-corrected chi connectivity index (χ1v) is 11.0. The molecule has 0 fully saturated rings. The maximum absolute atomic E-state index is 14.1. The second-order valence-electron chi connectivity index (χ2n) is 8.17. The monoisotopic (exact) mass is 457 g/mol. The third-order valence-corrected chi connectivity index (χ3v) is 5.76. The molecular formula is C28H24FNO4. The maximum atomic E-state index is 14.1. The highest BCUT2D eigenvalue weighted by molar-refractivity contribution is 5.97. The smallest absolute Gasteiger partial charge is 0.303 e. The number of hydrogen-bond donors (Lipinski definition) is 3. The van der Waals surface area contributed by atoms with Gasteiger partial charge in [-0.15, -0.1) is 0 Å². The zero-order chi connectivity index (χ0) is 24.1. The molecule has 0 radical (unpaired) electrons. The van der Waals surface area contributed by atoms with E-state index in [1.165, 1.54) is 12.1 Å². The van der Waals surface area contributed by atoms with Gasteiger partial charge in [-0.1, -0.05) is 60.7 Å². The Kier molecular flexibility index (Phi) is 6.87. The van der Waals surface area contributed by atoms with Gasteiger partial charge in [-0.3, -0.25) is 9.59 Å². The summed E-state index contributed by atoms with van der Waals surface area (Å²) < 4.78 is 14.1. The summed E-state index contributed by atoms with van der Waals surface area (Å²) in [5, 5.41) is 23.1. The molecule has 0 aliphatic rings. The van der Waals surface area contributed by atoms with Crippen LogP contribution >= 0.6 is 0 Å². The lowest BCUT2D eigenvalue weighted by Crippen LogP contribution is -2.23. The van der Waals surface area contributed by atoms with Gasteiger partial charge in [0.15, 0.2) is 0 Å². The number of benzene rings is 4. The molecule has 1 amide bonds. The minimum absolute atomic E-state index is 0.0868. The van der Waals surface area contributed by atoms with Crippen molar-refractivity contribution in [2.24, 2.45) is 0 Å². The van der Waals surface area contributed by atoms with Crippen molar-refractivity contribution in [1.82, 2.24) is 5.32 Å². The first-order chi connectivity index (χ1) is 16.4. The number of aromatic hydroxyl groups is 1. The summed E-state index contributed by atoms with van der Waals surface area (Å²) in [7, 11) is 0. The molecule has 0 aliphatic carbocycles. The van der Waals surface area contributed by atoms with Crippen LogP contribution in [0.2, 0.25) is 0 Å². The van der Waals surface area contributed by atoms with Crippen molar-refractivity contribution in [3.8, 4) is 5.75 Å². The number of aryl methyl sites for hydroxylation is 1. The van der Waals surface area contributed by atoms with Crippen LogP contribution in [0.4, 0.5) is 4.39 Å². The van der Waals surface area contributed by atoms with Crippen LogP contribution < -0.4 is 5.32 Å². The van der Waals surface area contributed by atoms with Crippen LogP contribution in [0.25, 0.3) is 10.8 Å². The molecule has 0 heterocycles. The van der Waals surface area contributed by atoms with Crippen LogP contribution in [-0.4, -0.2) is 22.1 Å². The molecule has 34 heavy (non-hydrogen) atoms. The van der Waals surface area contributed by atoms with Gasteiger partial charge in [-0.05, 0) is 58.7 Å². The van der Waals surface area contributed by atoms with Crippen molar-refractivity contribution in [3.63, 3.8) is 0 Å². The van der Waals surface area contributed by atoms with Crippen molar-refractivity contribution in [3.05, 3.63) is 112 Å². The number of carbonyl (C=O) groups is 2. The zero-order valence-corrected chi connectivity index (χ0v) is 18.4. The highest BCUT2D eigenvalue weighted by Gasteiger charge is 2.13. The number of hydrogen-bond acceptors (Lipinski definition) is 3. The van der Waals surface area contributed by atoms with Gasteiger partial charge in [0.05, 0.1) is 5.56 Å². The van der Waals surface area contributed by atoms with Gasteiger partial charge in [0, 0.05) is 18.4 Å². The summed E-state index contributed by atoms with van der Waals surface area (Å²) >= 11 is 0. The number of halogens is 1. The fraction of sp³-hybridized carbons (Fsp3) is 0.143. The van der Waals surface area contributed by atoms with Crippen LogP contribution in [-0.2, 0) is 24.2 Å². The Balaban J connectivity index is 1.45. The number of nitrogens with one attached hydrogen (secondary N) is 1. The number of phenols is 1. The van der Waals surface area contributed by atoms with E-state index in [1.807, 2.05) is 36.4 Å². The Bertz CT molecular complexity index is 1350. The van der Waals surface area contributed by atoms with Crippen LogP contribution in [0.3, 0.4) is 0 Å². The van der Waals surface area contributed by atoms with Gasteiger partial charge in [0.1, 0.15) is 11.6 Å². The van der Waals surface area contributed by atoms with E-state index in [1.54, 1.807) is 30.3 Å². The number of aliphatic carboxylic acids is 1. The molecule has 5 nitrogen and oxygen atoms in total. The molecule has 4 aromatic carbocycles. The first kappa shape index (κ1) is 23.0. The Hall–Kier alpha value is -4.19. The third-order valence-electron chi connectivity index (χ3n) is 5.76. The SMILES string of the molecule is O=C(O)CCc1ccc(Cc2ccc(O)c(C(=O)NCc3ccc(F)c4ccccc34)c2)cc1. The highest BCUT2D eigenvalue weighted by Crippen LogP contribution is 2.23. The van der Waals surface area contributed by atoms with E-state index in [9.17, 15) is 19.1 Å². The molecule has 0 aromatic heterocycles. The second-order valence-corrected chi connectivity index (χ2v) is 8.17. The molecule has 0 atom stereocenters. The summed E-state index contributed by atoms with van der Waals surface area (Å²) in [4.78, 5) is 23.6. The standard InChI is InChI=1S/C28H24FNO4/c29-25-12-11-21(22-3-1-2-4-23(22)25)17-30-28(34)24-16-20(9-13-26(24)31)15-19-7-5-18(6-8-19)10-14-27(32)33/h1-9,11-13,16,31H,10,14-15,17H2,(H,30,34)(H,32,33). The van der Waals surface area contributed by atoms with E-state index in [0.717, 1.165) is 27.6 Å². The molecule has 0 bridgehead atoms. The van der Waals surface area contributed by atoms with Gasteiger partial charge in [-0.2, -0.15) is 0 Å². The number of carbonyl (C=O) groups excluding carboxylic acids is 1. The molecule has 4 aromatic rings. The van der Waals surface area contributed by atoms with Crippen LogP contribution in [0.1, 0.15) is 39.0 Å². The van der Waals surface area contributed by atoms with Crippen molar-refractivity contribution in [1.29, 1.82) is 0 Å². The summed E-state index contributed by atoms with van der Waals surface area (Å²) in [6, 6.07) is 22.7. The van der Waals surface area contributed by atoms with E-state index in [4.69, 9.17) is 5.11 Å². The average Bonchev–Trinajstić information content (AvgIpc) is 2.84. The summed E-state index contributed by atoms with van der Waals surface area (Å²) in [6.07, 6.45) is 1.12. The highest BCUT2D eigenvalue weighted by atomic mass is 19.1. The molecule has 6 heteroatoms. The molecule has 4 rings (SSSR count). The minimum atomic E-state index is -0.827. The number of fused-ring (bicyclic) bond motifs is 1. The molecule has 0 saturated heterocycles. The van der Waals surface area contributed by atoms with Gasteiger partial charge in [0.25, 0.3) is 5.91 Å². The lowest BCUT2D eigenvalue weighted by molar-refractivity contribution is -0.136. The van der Waals surface area contributed by atoms with E-state index >= 15 is 0 Å². The Morgan fingerprint density at radius 3 is 2.24 bits per heavy atom. The predicted molar refractivity (Wildman–Crippen MR) is 128 cm³/mol. The van der Waals surface area contributed by atoms with Gasteiger partial charge < -0.3 is 15.5 Å². The molecular weight excluding hydrogens is 433 g/mol. The van der Waals surface area contributed by atoms with Gasteiger partial charge in [0.2, 0.25) is 0 Å². The van der Waals surface area contributed by atoms with E-state index in [0.29, 0.717) is 18.2 Å². The zero-order valence-electron chi connectivity index (χ0n) is 18.4. The topological polar surface area (TPSA) is 86.6 Å². The largest absolute Gasteiger partial charge is 0.507 e. The Labute approximate surface area is 196 Å². The number of phenolic OH excluding ortho intramolecular Hbond substituents is 1. The van der Waals surface area contributed by atoms with Gasteiger partial charge >= 0.3 is 5.97 Å². The molecule has 172 valence electrons. The van der Waals surface area contributed by atoms with Crippen LogP contribution in [0, 0.1) is 5.82 Å². The van der Waals surface area contributed by atoms with Crippen LogP contribution in [0.5, 0.6) is 5.75 Å². The fourth-order valence-corrected chi connectivity index (χ4v) is 3.94. The molecule has 3 N–H and O–H groups in total. The quantitative estimate of drug-likeness (QED) is 0.339. The average molecular weight is 458 g/mol. The Morgan fingerprint density at radius 1 is 0.824 bits per heavy atom. The van der Waals surface area contributed by atoms with Crippen molar-refractivity contribution in [2.45, 2.75) is 25.8 Å². The fourth-order valence-electron chi connectivity index (χ4n) is 3.94. The van der Waals surface area contributed by atoms with E-state index in [2.05, 4.69) is 5.32 Å². The second kappa shape index (κ2) is 10.2. The predicted octanol–water partition coefficient (Wildman–Crippen LogP) is 5.22.